The van der Waals surface area contributed by atoms with E-state index in [9.17, 15) is 9.59 Å². The molecule has 0 saturated carbocycles. The summed E-state index contributed by atoms with van der Waals surface area (Å²) in [6.07, 6.45) is 1.86. The molecular formula is C11H16O4. The predicted molar refractivity (Wildman–Crippen MR) is 54.3 cm³/mol. The maximum atomic E-state index is 11.1. The highest BCUT2D eigenvalue weighted by molar-refractivity contribution is 5.81. The van der Waals surface area contributed by atoms with E-state index in [0.29, 0.717) is 0 Å². The number of rotatable bonds is 2. The van der Waals surface area contributed by atoms with Gasteiger partial charge in [0.05, 0.1) is 11.8 Å². The summed E-state index contributed by atoms with van der Waals surface area (Å²) < 4.78 is 0. The van der Waals surface area contributed by atoms with E-state index in [-0.39, 0.29) is 11.8 Å². The Morgan fingerprint density at radius 2 is 1.60 bits per heavy atom. The summed E-state index contributed by atoms with van der Waals surface area (Å²) in [6, 6.07) is 0. The van der Waals surface area contributed by atoms with Gasteiger partial charge in [-0.1, -0.05) is 25.5 Å². The van der Waals surface area contributed by atoms with Gasteiger partial charge in [0.1, 0.15) is 0 Å². The van der Waals surface area contributed by atoms with Crippen molar-refractivity contribution in [3.63, 3.8) is 0 Å². The fourth-order valence-corrected chi connectivity index (χ4v) is 2.34. The van der Waals surface area contributed by atoms with Crippen LogP contribution in [0.25, 0.3) is 0 Å². The summed E-state index contributed by atoms with van der Waals surface area (Å²) in [5.41, 5.74) is 0.965. The number of allylic oxidation sites excluding steroid dienone is 2. The molecule has 0 spiro atoms. The first-order valence-corrected chi connectivity index (χ1v) is 5.00. The first kappa shape index (κ1) is 11.8. The molecule has 0 heterocycles. The zero-order chi connectivity index (χ0) is 11.7. The van der Waals surface area contributed by atoms with Crippen molar-refractivity contribution in [1.82, 2.24) is 0 Å². The summed E-state index contributed by atoms with van der Waals surface area (Å²) in [5, 5.41) is 18.1. The second kappa shape index (κ2) is 4.04. The van der Waals surface area contributed by atoms with E-state index in [4.69, 9.17) is 10.2 Å². The Hall–Kier alpha value is -1.32. The molecule has 0 aliphatic heterocycles. The molecule has 0 radical (unpaired) electrons. The highest BCUT2D eigenvalue weighted by Gasteiger charge is 2.43. The third-order valence-corrected chi connectivity index (χ3v) is 3.31. The van der Waals surface area contributed by atoms with Crippen molar-refractivity contribution in [3.8, 4) is 0 Å². The minimum atomic E-state index is -1.02. The van der Waals surface area contributed by atoms with E-state index in [0.717, 1.165) is 5.57 Å². The van der Waals surface area contributed by atoms with Gasteiger partial charge in [0, 0.05) is 0 Å². The Morgan fingerprint density at radius 1 is 1.13 bits per heavy atom. The first-order valence-electron chi connectivity index (χ1n) is 5.00. The molecule has 2 N–H and O–H groups in total. The Balaban J connectivity index is 3.13. The van der Waals surface area contributed by atoms with Gasteiger partial charge in [-0.05, 0) is 18.8 Å². The number of hydrogen-bond acceptors (Lipinski definition) is 2. The smallest absolute Gasteiger partial charge is 0.307 e. The van der Waals surface area contributed by atoms with Crippen LogP contribution in [0.15, 0.2) is 11.6 Å². The van der Waals surface area contributed by atoms with Gasteiger partial charge < -0.3 is 10.2 Å². The highest BCUT2D eigenvalue weighted by Crippen LogP contribution is 2.38. The zero-order valence-corrected chi connectivity index (χ0v) is 9.10. The molecule has 0 aromatic heterocycles. The average molecular weight is 212 g/mol. The minimum absolute atomic E-state index is 0.209. The van der Waals surface area contributed by atoms with Gasteiger partial charge in [0.25, 0.3) is 0 Å². The van der Waals surface area contributed by atoms with Crippen LogP contribution in [-0.4, -0.2) is 22.2 Å². The molecule has 15 heavy (non-hydrogen) atoms. The largest absolute Gasteiger partial charge is 0.481 e. The van der Waals surface area contributed by atoms with E-state index >= 15 is 0 Å². The molecule has 4 nitrogen and oxygen atoms in total. The number of hydrogen-bond donors (Lipinski definition) is 2. The van der Waals surface area contributed by atoms with Crippen LogP contribution in [0.1, 0.15) is 20.8 Å². The lowest BCUT2D eigenvalue weighted by Crippen LogP contribution is -2.41. The molecular weight excluding hydrogens is 196 g/mol. The monoisotopic (exact) mass is 212 g/mol. The van der Waals surface area contributed by atoms with Gasteiger partial charge in [0.15, 0.2) is 0 Å². The van der Waals surface area contributed by atoms with Crippen LogP contribution < -0.4 is 0 Å². The van der Waals surface area contributed by atoms with E-state index in [1.54, 1.807) is 13.8 Å². The van der Waals surface area contributed by atoms with Crippen LogP contribution in [0.5, 0.6) is 0 Å². The van der Waals surface area contributed by atoms with E-state index in [2.05, 4.69) is 0 Å². The molecule has 4 unspecified atom stereocenters. The van der Waals surface area contributed by atoms with Gasteiger partial charge in [0.2, 0.25) is 0 Å². The molecule has 1 aliphatic rings. The molecule has 0 aromatic rings. The minimum Gasteiger partial charge on any atom is -0.481 e. The lowest BCUT2D eigenvalue weighted by Gasteiger charge is -2.34. The Labute approximate surface area is 88.6 Å². The quantitative estimate of drug-likeness (QED) is 0.682. The molecule has 0 aromatic carbocycles. The summed E-state index contributed by atoms with van der Waals surface area (Å²) >= 11 is 0. The molecule has 1 rings (SSSR count). The maximum Gasteiger partial charge on any atom is 0.307 e. The van der Waals surface area contributed by atoms with Crippen molar-refractivity contribution in [2.24, 2.45) is 23.7 Å². The molecule has 0 bridgehead atoms. The van der Waals surface area contributed by atoms with E-state index in [1.807, 2.05) is 13.0 Å². The van der Waals surface area contributed by atoms with Crippen LogP contribution in [0, 0.1) is 23.7 Å². The average Bonchev–Trinajstić information content (AvgIpc) is 2.09. The van der Waals surface area contributed by atoms with Crippen molar-refractivity contribution >= 4 is 11.9 Å². The summed E-state index contributed by atoms with van der Waals surface area (Å²) in [6.45, 7) is 5.38. The van der Waals surface area contributed by atoms with Crippen molar-refractivity contribution in [2.75, 3.05) is 0 Å². The molecule has 0 fully saturated rings. The number of carboxylic acids is 2. The lowest BCUT2D eigenvalue weighted by atomic mass is 9.68. The normalized spacial score (nSPS) is 35.8. The van der Waals surface area contributed by atoms with Crippen molar-refractivity contribution in [3.05, 3.63) is 11.6 Å². The molecule has 1 aliphatic carbocycles. The van der Waals surface area contributed by atoms with Crippen LogP contribution in [0.4, 0.5) is 0 Å². The van der Waals surface area contributed by atoms with Crippen molar-refractivity contribution < 1.29 is 19.8 Å². The van der Waals surface area contributed by atoms with Crippen LogP contribution >= 0.6 is 0 Å². The van der Waals surface area contributed by atoms with Gasteiger partial charge in [-0.3, -0.25) is 9.59 Å². The third-order valence-electron chi connectivity index (χ3n) is 3.31. The fraction of sp³-hybridized carbons (Fsp3) is 0.636. The van der Waals surface area contributed by atoms with Gasteiger partial charge in [-0.15, -0.1) is 0 Å². The summed E-state index contributed by atoms with van der Waals surface area (Å²) in [7, 11) is 0. The molecule has 4 atom stereocenters. The Bertz CT molecular complexity index is 319. The topological polar surface area (TPSA) is 74.6 Å². The standard InChI is InChI=1S/C11H16O4/c1-5-4-6(2)8(10(12)13)9(7(5)3)11(14)15/h4,6-9H,1-3H3,(H,12,13)(H,14,15). The second-order valence-electron chi connectivity index (χ2n) is 4.29. The molecule has 84 valence electrons. The van der Waals surface area contributed by atoms with Gasteiger partial charge in [-0.2, -0.15) is 0 Å². The fourth-order valence-electron chi connectivity index (χ4n) is 2.34. The molecule has 0 amide bonds. The molecule has 4 heteroatoms. The summed E-state index contributed by atoms with van der Waals surface area (Å²) in [4.78, 5) is 22.1. The Kier molecular flexibility index (Phi) is 3.17. The van der Waals surface area contributed by atoms with Crippen molar-refractivity contribution in [1.29, 1.82) is 0 Å². The van der Waals surface area contributed by atoms with E-state index in [1.165, 1.54) is 0 Å². The lowest BCUT2D eigenvalue weighted by molar-refractivity contribution is -0.157. The third kappa shape index (κ3) is 2.03. The number of carboxylic acid groups (broad SMARTS) is 2. The van der Waals surface area contributed by atoms with Crippen LogP contribution in [0.2, 0.25) is 0 Å². The Morgan fingerprint density at radius 3 is 2.00 bits per heavy atom. The summed E-state index contributed by atoms with van der Waals surface area (Å²) in [5.74, 6) is -4.11. The zero-order valence-electron chi connectivity index (χ0n) is 9.10. The van der Waals surface area contributed by atoms with E-state index < -0.39 is 23.8 Å². The SMILES string of the molecule is CC1=CC(C)C(C(=O)O)C(C(=O)O)C1C. The van der Waals surface area contributed by atoms with Crippen LogP contribution in [-0.2, 0) is 9.59 Å². The predicted octanol–water partition coefficient (Wildman–Crippen LogP) is 1.62. The molecule has 0 saturated heterocycles. The second-order valence-corrected chi connectivity index (χ2v) is 4.29. The van der Waals surface area contributed by atoms with Gasteiger partial charge >= 0.3 is 11.9 Å². The number of aliphatic carboxylic acids is 2. The first-order chi connectivity index (χ1) is 6.86. The highest BCUT2D eigenvalue weighted by atomic mass is 16.4. The number of carbonyl (C=O) groups is 2. The van der Waals surface area contributed by atoms with Crippen LogP contribution in [0.3, 0.4) is 0 Å². The van der Waals surface area contributed by atoms with Gasteiger partial charge in [-0.25, -0.2) is 0 Å². The maximum absolute atomic E-state index is 11.1. The van der Waals surface area contributed by atoms with Crippen molar-refractivity contribution in [2.45, 2.75) is 20.8 Å².